The summed E-state index contributed by atoms with van der Waals surface area (Å²) in [4.78, 5) is 17.1. The van der Waals surface area contributed by atoms with E-state index in [1.165, 1.54) is 0 Å². The third kappa shape index (κ3) is 2.44. The lowest BCUT2D eigenvalue weighted by Crippen LogP contribution is -2.25. The van der Waals surface area contributed by atoms with Crippen LogP contribution in [0.15, 0.2) is 47.4 Å². The first-order valence-corrected chi connectivity index (χ1v) is 7.59. The fourth-order valence-electron chi connectivity index (χ4n) is 2.87. The number of nitrogens with zero attached hydrogens (tertiary/aromatic N) is 2. The molecule has 0 aliphatic heterocycles. The Bertz CT molecular complexity index is 916. The van der Waals surface area contributed by atoms with Gasteiger partial charge in [-0.05, 0) is 24.6 Å². The monoisotopic (exact) mass is 309 g/mol. The largest absolute Gasteiger partial charge is 0.496 e. The fourth-order valence-corrected chi connectivity index (χ4v) is 2.87. The number of ether oxygens (including phenoxy) is 1. The highest BCUT2D eigenvalue weighted by Crippen LogP contribution is 2.36. The number of benzene rings is 1. The molecule has 0 aliphatic carbocycles. The minimum atomic E-state index is -0.209. The smallest absolute Gasteiger partial charge is 0.275 e. The highest BCUT2D eigenvalue weighted by molar-refractivity contribution is 6.00. The van der Waals surface area contributed by atoms with E-state index in [9.17, 15) is 4.79 Å². The van der Waals surface area contributed by atoms with Crippen molar-refractivity contribution in [1.29, 1.82) is 0 Å². The summed E-state index contributed by atoms with van der Waals surface area (Å²) in [6.07, 6.45) is 2.52. The normalized spacial score (nSPS) is 10.9. The average molecular weight is 309 g/mol. The summed E-state index contributed by atoms with van der Waals surface area (Å²) < 4.78 is 7.08. The van der Waals surface area contributed by atoms with Gasteiger partial charge >= 0.3 is 0 Å². The predicted molar refractivity (Wildman–Crippen MR) is 92.7 cm³/mol. The number of hydrogen-bond donors (Lipinski definition) is 1. The molecule has 0 atom stereocenters. The lowest BCUT2D eigenvalue weighted by molar-refractivity contribution is 0.416. The predicted octanol–water partition coefficient (Wildman–Crippen LogP) is 3.06. The van der Waals surface area contributed by atoms with Gasteiger partial charge in [0.05, 0.1) is 7.11 Å². The van der Waals surface area contributed by atoms with Crippen LogP contribution < -0.4 is 16.0 Å². The molecule has 3 rings (SSSR count). The number of rotatable bonds is 4. The molecule has 0 bridgehead atoms. The number of hydrogen-bond acceptors (Lipinski definition) is 4. The summed E-state index contributed by atoms with van der Waals surface area (Å²) in [6.45, 7) is 2.61. The first kappa shape index (κ1) is 15.1. The Balaban J connectivity index is 2.45. The van der Waals surface area contributed by atoms with Crippen LogP contribution in [0.2, 0.25) is 0 Å². The molecular weight excluding hydrogens is 290 g/mol. The van der Waals surface area contributed by atoms with Gasteiger partial charge in [0, 0.05) is 29.3 Å². The van der Waals surface area contributed by atoms with Crippen LogP contribution in [-0.4, -0.2) is 16.7 Å². The summed E-state index contributed by atoms with van der Waals surface area (Å²) in [5.41, 5.74) is 8.36. The maximum Gasteiger partial charge on any atom is 0.275 e. The Morgan fingerprint density at radius 2 is 2.00 bits per heavy atom. The third-order valence-electron chi connectivity index (χ3n) is 3.88. The molecular formula is C18H19N3O2. The number of anilines is 1. The Morgan fingerprint density at radius 3 is 2.74 bits per heavy atom. The molecule has 23 heavy (non-hydrogen) atoms. The van der Waals surface area contributed by atoms with Crippen LogP contribution >= 0.6 is 0 Å². The Morgan fingerprint density at radius 1 is 1.22 bits per heavy atom. The molecule has 0 saturated carbocycles. The lowest BCUT2D eigenvalue weighted by Gasteiger charge is -2.16. The summed E-state index contributed by atoms with van der Waals surface area (Å²) in [5.74, 6) is 0.678. The highest BCUT2D eigenvalue weighted by Gasteiger charge is 2.18. The topological polar surface area (TPSA) is 70.1 Å². The highest BCUT2D eigenvalue weighted by atomic mass is 16.5. The van der Waals surface area contributed by atoms with Gasteiger partial charge in [0.2, 0.25) is 0 Å². The maximum absolute atomic E-state index is 12.7. The number of para-hydroxylation sites is 1. The molecule has 2 heterocycles. The van der Waals surface area contributed by atoms with Crippen molar-refractivity contribution >= 4 is 16.7 Å². The molecule has 0 amide bonds. The van der Waals surface area contributed by atoms with Crippen molar-refractivity contribution in [2.75, 3.05) is 12.8 Å². The lowest BCUT2D eigenvalue weighted by atomic mass is 9.99. The third-order valence-corrected chi connectivity index (χ3v) is 3.88. The van der Waals surface area contributed by atoms with E-state index < -0.39 is 0 Å². The van der Waals surface area contributed by atoms with Gasteiger partial charge < -0.3 is 10.5 Å². The van der Waals surface area contributed by atoms with Crippen molar-refractivity contribution in [1.82, 2.24) is 9.55 Å². The van der Waals surface area contributed by atoms with E-state index >= 15 is 0 Å². The van der Waals surface area contributed by atoms with Crippen LogP contribution in [0, 0.1) is 0 Å². The number of methoxy groups -OCH3 is 1. The standard InChI is InChI=1S/C18H19N3O2/c1-3-11-21-17-13(8-6-10-20-17)15(16(19)18(21)22)12-7-4-5-9-14(12)23-2/h4-10H,3,11,19H2,1-2H3. The van der Waals surface area contributed by atoms with Gasteiger partial charge in [-0.3, -0.25) is 9.36 Å². The van der Waals surface area contributed by atoms with Gasteiger partial charge in [0.25, 0.3) is 5.56 Å². The molecule has 0 aliphatic rings. The first-order chi connectivity index (χ1) is 11.2. The molecule has 2 N–H and O–H groups in total. The van der Waals surface area contributed by atoms with Crippen LogP contribution in [0.5, 0.6) is 5.75 Å². The van der Waals surface area contributed by atoms with E-state index in [2.05, 4.69) is 4.98 Å². The van der Waals surface area contributed by atoms with E-state index in [4.69, 9.17) is 10.5 Å². The maximum atomic E-state index is 12.7. The molecule has 0 fully saturated rings. The average Bonchev–Trinajstić information content (AvgIpc) is 2.59. The Kier molecular flexibility index (Phi) is 4.02. The van der Waals surface area contributed by atoms with Gasteiger partial charge in [-0.15, -0.1) is 0 Å². The van der Waals surface area contributed by atoms with Gasteiger partial charge in [0.1, 0.15) is 17.1 Å². The summed E-state index contributed by atoms with van der Waals surface area (Å²) in [6, 6.07) is 11.3. The number of aromatic nitrogens is 2. The number of fused-ring (bicyclic) bond motifs is 1. The molecule has 2 aromatic heterocycles. The molecule has 0 spiro atoms. The molecule has 1 aromatic carbocycles. The first-order valence-electron chi connectivity index (χ1n) is 7.59. The molecule has 5 nitrogen and oxygen atoms in total. The van der Waals surface area contributed by atoms with E-state index in [1.54, 1.807) is 17.9 Å². The minimum absolute atomic E-state index is 0.209. The summed E-state index contributed by atoms with van der Waals surface area (Å²) in [5, 5.41) is 0.850. The van der Waals surface area contributed by atoms with Crippen molar-refractivity contribution in [2.24, 2.45) is 0 Å². The minimum Gasteiger partial charge on any atom is -0.496 e. The second-order valence-corrected chi connectivity index (χ2v) is 5.32. The van der Waals surface area contributed by atoms with Crippen LogP contribution in [0.3, 0.4) is 0 Å². The van der Waals surface area contributed by atoms with Crippen LogP contribution in [0.25, 0.3) is 22.2 Å². The number of pyridine rings is 2. The zero-order valence-corrected chi connectivity index (χ0v) is 13.2. The van der Waals surface area contributed by atoms with Gasteiger partial charge in [-0.25, -0.2) is 4.98 Å². The van der Waals surface area contributed by atoms with Crippen molar-refractivity contribution in [2.45, 2.75) is 19.9 Å². The SMILES string of the molecule is CCCn1c(=O)c(N)c(-c2ccccc2OC)c2cccnc21. The van der Waals surface area contributed by atoms with Crippen LogP contribution in [0.1, 0.15) is 13.3 Å². The zero-order valence-electron chi connectivity index (χ0n) is 13.2. The van der Waals surface area contributed by atoms with E-state index in [1.807, 2.05) is 43.3 Å². The van der Waals surface area contributed by atoms with E-state index in [-0.39, 0.29) is 11.2 Å². The molecule has 5 heteroatoms. The van der Waals surface area contributed by atoms with Gasteiger partial charge in [-0.1, -0.05) is 25.1 Å². The van der Waals surface area contributed by atoms with Crippen LogP contribution in [0.4, 0.5) is 5.69 Å². The van der Waals surface area contributed by atoms with E-state index in [0.717, 1.165) is 17.4 Å². The van der Waals surface area contributed by atoms with Crippen molar-refractivity contribution < 1.29 is 4.74 Å². The number of aryl methyl sites for hydroxylation is 1. The van der Waals surface area contributed by atoms with Crippen molar-refractivity contribution in [3.8, 4) is 16.9 Å². The quantitative estimate of drug-likeness (QED) is 0.804. The van der Waals surface area contributed by atoms with Gasteiger partial charge in [-0.2, -0.15) is 0 Å². The summed E-state index contributed by atoms with van der Waals surface area (Å²) in [7, 11) is 1.60. The number of nitrogen functional groups attached to an aromatic ring is 1. The molecule has 0 unspecified atom stereocenters. The molecule has 0 saturated heterocycles. The Hall–Kier alpha value is -2.82. The van der Waals surface area contributed by atoms with Crippen molar-refractivity contribution in [3.63, 3.8) is 0 Å². The van der Waals surface area contributed by atoms with Crippen LogP contribution in [-0.2, 0) is 6.54 Å². The second-order valence-electron chi connectivity index (χ2n) is 5.32. The fraction of sp³-hybridized carbons (Fsp3) is 0.222. The van der Waals surface area contributed by atoms with Crippen molar-refractivity contribution in [3.05, 3.63) is 52.9 Å². The van der Waals surface area contributed by atoms with Gasteiger partial charge in [0.15, 0.2) is 0 Å². The second kappa shape index (κ2) is 6.12. The van der Waals surface area contributed by atoms with E-state index in [0.29, 0.717) is 23.5 Å². The number of nitrogens with two attached hydrogens (primary N) is 1. The summed E-state index contributed by atoms with van der Waals surface area (Å²) >= 11 is 0. The Labute approximate surface area is 134 Å². The molecule has 0 radical (unpaired) electrons. The molecule has 118 valence electrons. The molecule has 3 aromatic rings. The zero-order chi connectivity index (χ0) is 16.4.